The fourth-order valence-electron chi connectivity index (χ4n) is 3.76. The molecule has 2 aromatic rings. The van der Waals surface area contributed by atoms with E-state index in [0.29, 0.717) is 5.92 Å². The van der Waals surface area contributed by atoms with Crippen LogP contribution < -0.4 is 0 Å². The minimum atomic E-state index is 0.102. The first kappa shape index (κ1) is 14.8. The summed E-state index contributed by atoms with van der Waals surface area (Å²) in [7, 11) is 2.05. The third kappa shape index (κ3) is 2.90. The average Bonchev–Trinajstić information content (AvgIpc) is 3.12. The number of rotatable bonds is 3. The average molecular weight is 316 g/mol. The highest BCUT2D eigenvalue weighted by Crippen LogP contribution is 2.33. The number of aryl methyl sites for hydroxylation is 2. The Morgan fingerprint density at radius 1 is 1.35 bits per heavy atom. The van der Waals surface area contributed by atoms with Crippen molar-refractivity contribution in [2.45, 2.75) is 39.0 Å². The summed E-state index contributed by atoms with van der Waals surface area (Å²) in [5.41, 5.74) is 0. The maximum Gasteiger partial charge on any atom is 0.147 e. The van der Waals surface area contributed by atoms with Crippen molar-refractivity contribution in [2.75, 3.05) is 19.7 Å². The quantitative estimate of drug-likeness (QED) is 0.854. The summed E-state index contributed by atoms with van der Waals surface area (Å²) < 4.78 is 10.2. The van der Waals surface area contributed by atoms with E-state index in [1.165, 1.54) is 6.42 Å². The molecule has 0 aromatic carbocycles. The van der Waals surface area contributed by atoms with Gasteiger partial charge in [0.25, 0.3) is 0 Å². The van der Waals surface area contributed by atoms with Gasteiger partial charge in [0.1, 0.15) is 23.6 Å². The Bertz CT molecular complexity index is 678. The van der Waals surface area contributed by atoms with E-state index < -0.39 is 0 Å². The van der Waals surface area contributed by atoms with Crippen molar-refractivity contribution >= 4 is 0 Å². The van der Waals surface area contributed by atoms with Crippen molar-refractivity contribution in [3.05, 3.63) is 29.9 Å². The van der Waals surface area contributed by atoms with Crippen molar-refractivity contribution in [1.82, 2.24) is 29.2 Å². The number of hydrogen-bond donors (Lipinski definition) is 0. The lowest BCUT2D eigenvalue weighted by Crippen LogP contribution is -2.40. The van der Waals surface area contributed by atoms with Crippen LogP contribution in [0.25, 0.3) is 0 Å². The summed E-state index contributed by atoms with van der Waals surface area (Å²) in [6.07, 6.45) is 6.28. The summed E-state index contributed by atoms with van der Waals surface area (Å²) in [6, 6.07) is 0. The van der Waals surface area contributed by atoms with Gasteiger partial charge in [0.05, 0.1) is 13.1 Å². The van der Waals surface area contributed by atoms with E-state index in [2.05, 4.69) is 24.5 Å². The van der Waals surface area contributed by atoms with Crippen LogP contribution in [-0.4, -0.2) is 48.9 Å². The number of hydrogen-bond acceptors (Lipinski definition) is 5. The van der Waals surface area contributed by atoms with Gasteiger partial charge in [-0.25, -0.2) is 14.6 Å². The number of ether oxygens (including phenoxy) is 1. The van der Waals surface area contributed by atoms with E-state index in [9.17, 15) is 0 Å². The molecule has 4 heterocycles. The van der Waals surface area contributed by atoms with Crippen molar-refractivity contribution in [2.24, 2.45) is 13.0 Å². The molecule has 0 bridgehead atoms. The third-order valence-electron chi connectivity index (χ3n) is 4.90. The second-order valence-electron chi connectivity index (χ2n) is 6.62. The Labute approximate surface area is 136 Å². The van der Waals surface area contributed by atoms with Crippen LogP contribution in [-0.2, 0) is 24.9 Å². The normalized spacial score (nSPS) is 25.5. The van der Waals surface area contributed by atoms with Gasteiger partial charge in [0.2, 0.25) is 0 Å². The second-order valence-corrected chi connectivity index (χ2v) is 6.62. The fourth-order valence-corrected chi connectivity index (χ4v) is 3.76. The van der Waals surface area contributed by atoms with Gasteiger partial charge in [-0.3, -0.25) is 4.90 Å². The van der Waals surface area contributed by atoms with Gasteiger partial charge < -0.3 is 9.30 Å². The lowest BCUT2D eigenvalue weighted by molar-refractivity contribution is -0.0475. The highest BCUT2D eigenvalue weighted by Gasteiger charge is 2.32. The zero-order valence-electron chi connectivity index (χ0n) is 13.9. The summed E-state index contributed by atoms with van der Waals surface area (Å²) in [6.45, 7) is 6.66. The molecular weight excluding hydrogens is 292 g/mol. The molecule has 1 fully saturated rings. The summed E-state index contributed by atoms with van der Waals surface area (Å²) in [4.78, 5) is 11.5. The first-order chi connectivity index (χ1) is 11.2. The minimum Gasteiger partial charge on any atom is -0.370 e. The maximum atomic E-state index is 6.09. The van der Waals surface area contributed by atoms with Crippen LogP contribution in [0.5, 0.6) is 0 Å². The zero-order valence-corrected chi connectivity index (χ0v) is 13.9. The monoisotopic (exact) mass is 316 g/mol. The number of aromatic nitrogens is 5. The molecule has 124 valence electrons. The molecule has 2 aliphatic rings. The Kier molecular flexibility index (Phi) is 3.90. The Morgan fingerprint density at radius 3 is 3.09 bits per heavy atom. The maximum absolute atomic E-state index is 6.09. The van der Waals surface area contributed by atoms with E-state index in [4.69, 9.17) is 4.74 Å². The van der Waals surface area contributed by atoms with Gasteiger partial charge in [-0.2, -0.15) is 5.10 Å². The SMILES string of the molecule is Cc1nc2n(n1)CCN(C[C@@H]1CCCO[C@H]1c1nccn1C)C2. The molecule has 0 unspecified atom stereocenters. The van der Waals surface area contributed by atoms with E-state index in [-0.39, 0.29) is 6.10 Å². The molecule has 0 N–H and O–H groups in total. The highest BCUT2D eigenvalue weighted by molar-refractivity contribution is 5.01. The molecule has 1 saturated heterocycles. The highest BCUT2D eigenvalue weighted by atomic mass is 16.5. The number of fused-ring (bicyclic) bond motifs is 1. The Balaban J connectivity index is 1.48. The largest absolute Gasteiger partial charge is 0.370 e. The fraction of sp³-hybridized carbons (Fsp3) is 0.688. The molecule has 2 atom stereocenters. The molecular formula is C16H24N6O. The minimum absolute atomic E-state index is 0.102. The second kappa shape index (κ2) is 6.05. The summed E-state index contributed by atoms with van der Waals surface area (Å²) in [5.74, 6) is 3.49. The van der Waals surface area contributed by atoms with Crippen LogP contribution in [0.3, 0.4) is 0 Å². The lowest BCUT2D eigenvalue weighted by atomic mass is 9.92. The topological polar surface area (TPSA) is 61.0 Å². The summed E-state index contributed by atoms with van der Waals surface area (Å²) >= 11 is 0. The van der Waals surface area contributed by atoms with Crippen LogP contribution >= 0.6 is 0 Å². The van der Waals surface area contributed by atoms with E-state index in [1.54, 1.807) is 0 Å². The van der Waals surface area contributed by atoms with Gasteiger partial charge in [-0.15, -0.1) is 0 Å². The molecule has 2 aliphatic heterocycles. The number of imidazole rings is 1. The van der Waals surface area contributed by atoms with Crippen LogP contribution in [0.2, 0.25) is 0 Å². The van der Waals surface area contributed by atoms with Crippen molar-refractivity contribution in [3.8, 4) is 0 Å². The van der Waals surface area contributed by atoms with Crippen LogP contribution in [0, 0.1) is 12.8 Å². The van der Waals surface area contributed by atoms with Crippen molar-refractivity contribution < 1.29 is 4.74 Å². The zero-order chi connectivity index (χ0) is 15.8. The summed E-state index contributed by atoms with van der Waals surface area (Å²) in [5, 5.41) is 4.44. The molecule has 7 heteroatoms. The van der Waals surface area contributed by atoms with Gasteiger partial charge in [-0.05, 0) is 19.8 Å². The van der Waals surface area contributed by atoms with Crippen molar-refractivity contribution in [1.29, 1.82) is 0 Å². The van der Waals surface area contributed by atoms with Gasteiger partial charge in [-0.1, -0.05) is 0 Å². The third-order valence-corrected chi connectivity index (χ3v) is 4.90. The molecule has 0 amide bonds. The Hall–Kier alpha value is -1.73. The molecule has 0 radical (unpaired) electrons. The van der Waals surface area contributed by atoms with Gasteiger partial charge >= 0.3 is 0 Å². The predicted molar refractivity (Wildman–Crippen MR) is 84.7 cm³/mol. The van der Waals surface area contributed by atoms with Crippen LogP contribution in [0.4, 0.5) is 0 Å². The smallest absolute Gasteiger partial charge is 0.147 e. The first-order valence-electron chi connectivity index (χ1n) is 8.42. The molecule has 23 heavy (non-hydrogen) atoms. The molecule has 0 aliphatic carbocycles. The van der Waals surface area contributed by atoms with E-state index >= 15 is 0 Å². The molecule has 2 aromatic heterocycles. The van der Waals surface area contributed by atoms with Gasteiger partial charge in [0, 0.05) is 45.1 Å². The predicted octanol–water partition coefficient (Wildman–Crippen LogP) is 1.30. The van der Waals surface area contributed by atoms with Crippen LogP contribution in [0.1, 0.15) is 36.4 Å². The molecule has 7 nitrogen and oxygen atoms in total. The van der Waals surface area contributed by atoms with Crippen molar-refractivity contribution in [3.63, 3.8) is 0 Å². The lowest BCUT2D eigenvalue weighted by Gasteiger charge is -2.36. The number of nitrogens with zero attached hydrogens (tertiary/aromatic N) is 6. The standard InChI is InChI=1S/C16H24N6O/c1-12-18-14-11-21(7-8-22(14)19-12)10-13-4-3-9-23-15(13)16-17-5-6-20(16)2/h5-6,13,15H,3-4,7-11H2,1-2H3/t13-,15+/m0/s1. The van der Waals surface area contributed by atoms with Crippen LogP contribution in [0.15, 0.2) is 12.4 Å². The molecule has 0 spiro atoms. The molecule has 0 saturated carbocycles. The van der Waals surface area contributed by atoms with E-state index in [0.717, 1.165) is 56.7 Å². The van der Waals surface area contributed by atoms with E-state index in [1.807, 2.05) is 31.0 Å². The first-order valence-corrected chi connectivity index (χ1v) is 8.42. The van der Waals surface area contributed by atoms with Gasteiger partial charge in [0.15, 0.2) is 0 Å². The Morgan fingerprint density at radius 2 is 2.26 bits per heavy atom. The molecule has 4 rings (SSSR count).